The second kappa shape index (κ2) is 3.33. The average molecular weight is 186 g/mol. The van der Waals surface area contributed by atoms with Crippen LogP contribution in [0.2, 0.25) is 5.02 Å². The molecule has 1 aromatic carbocycles. The van der Waals surface area contributed by atoms with Crippen molar-refractivity contribution in [3.8, 4) is 5.75 Å². The van der Waals surface area contributed by atoms with E-state index in [1.807, 2.05) is 13.8 Å². The minimum Gasteiger partial charge on any atom is -0.506 e. The van der Waals surface area contributed by atoms with Gasteiger partial charge in [0.15, 0.2) is 0 Å². The van der Waals surface area contributed by atoms with Gasteiger partial charge in [-0.2, -0.15) is 0 Å². The zero-order valence-electron chi connectivity index (χ0n) is 7.19. The van der Waals surface area contributed by atoms with Crippen molar-refractivity contribution in [3.63, 3.8) is 0 Å². The number of phenolic OH excluding ortho intramolecular Hbond substituents is 1. The van der Waals surface area contributed by atoms with E-state index in [0.717, 1.165) is 16.7 Å². The number of benzene rings is 1. The molecule has 0 radical (unpaired) electrons. The van der Waals surface area contributed by atoms with Gasteiger partial charge in [0.05, 0.1) is 5.02 Å². The van der Waals surface area contributed by atoms with Gasteiger partial charge in [-0.25, -0.2) is 0 Å². The van der Waals surface area contributed by atoms with Crippen LogP contribution in [0.1, 0.15) is 16.7 Å². The van der Waals surface area contributed by atoms with E-state index in [9.17, 15) is 5.11 Å². The summed E-state index contributed by atoms with van der Waals surface area (Å²) in [5, 5.41) is 9.86. The molecule has 0 aliphatic rings. The molecule has 0 saturated carbocycles. The number of aryl methyl sites for hydroxylation is 1. The Morgan fingerprint density at radius 1 is 1.50 bits per heavy atom. The average Bonchev–Trinajstić information content (AvgIpc) is 2.02. The van der Waals surface area contributed by atoms with Crippen molar-refractivity contribution >= 4 is 11.6 Å². The van der Waals surface area contributed by atoms with Gasteiger partial charge in [-0.1, -0.05) is 11.6 Å². The summed E-state index contributed by atoms with van der Waals surface area (Å²) < 4.78 is 0. The summed E-state index contributed by atoms with van der Waals surface area (Å²) >= 11 is 5.76. The first kappa shape index (κ1) is 9.36. The predicted molar refractivity (Wildman–Crippen MR) is 50.5 cm³/mol. The van der Waals surface area contributed by atoms with Crippen LogP contribution in [0.5, 0.6) is 5.75 Å². The molecule has 3 heteroatoms. The summed E-state index contributed by atoms with van der Waals surface area (Å²) in [7, 11) is 0. The molecular weight excluding hydrogens is 174 g/mol. The summed E-state index contributed by atoms with van der Waals surface area (Å²) in [5.74, 6) is 0.113. The van der Waals surface area contributed by atoms with Gasteiger partial charge in [0.2, 0.25) is 0 Å². The minimum atomic E-state index is 0.113. The van der Waals surface area contributed by atoms with E-state index in [1.54, 1.807) is 6.07 Å². The lowest BCUT2D eigenvalue weighted by molar-refractivity contribution is 0.468. The minimum absolute atomic E-state index is 0.113. The van der Waals surface area contributed by atoms with Crippen molar-refractivity contribution < 1.29 is 5.11 Å². The van der Waals surface area contributed by atoms with Gasteiger partial charge in [0.1, 0.15) is 5.75 Å². The predicted octanol–water partition coefficient (Wildman–Crippen LogP) is 2.12. The quantitative estimate of drug-likeness (QED) is 0.704. The standard InChI is InChI=1S/C9H12ClNO/c1-5-3-8(10)9(12)7(4-11)6(5)2/h3,12H,4,11H2,1-2H3. The molecule has 0 spiro atoms. The monoisotopic (exact) mass is 185 g/mol. The van der Waals surface area contributed by atoms with Crippen LogP contribution < -0.4 is 5.73 Å². The maximum atomic E-state index is 9.49. The third-order valence-electron chi connectivity index (χ3n) is 2.10. The van der Waals surface area contributed by atoms with Gasteiger partial charge < -0.3 is 10.8 Å². The van der Waals surface area contributed by atoms with Crippen LogP contribution in [0.3, 0.4) is 0 Å². The third-order valence-corrected chi connectivity index (χ3v) is 2.39. The smallest absolute Gasteiger partial charge is 0.138 e. The molecule has 0 atom stereocenters. The molecule has 0 fully saturated rings. The molecule has 1 rings (SSSR count). The second-order valence-corrected chi connectivity index (χ2v) is 3.24. The molecule has 0 unspecified atom stereocenters. The molecule has 0 aliphatic heterocycles. The highest BCUT2D eigenvalue weighted by atomic mass is 35.5. The van der Waals surface area contributed by atoms with Crippen molar-refractivity contribution in [2.24, 2.45) is 5.73 Å². The summed E-state index contributed by atoms with van der Waals surface area (Å²) in [5.41, 5.74) is 8.27. The zero-order chi connectivity index (χ0) is 9.30. The van der Waals surface area contributed by atoms with Gasteiger partial charge in [0.25, 0.3) is 0 Å². The number of halogens is 1. The van der Waals surface area contributed by atoms with Crippen molar-refractivity contribution in [1.29, 1.82) is 0 Å². The van der Waals surface area contributed by atoms with Crippen molar-refractivity contribution in [3.05, 3.63) is 27.8 Å². The Hall–Kier alpha value is -0.730. The number of rotatable bonds is 1. The molecule has 0 saturated heterocycles. The van der Waals surface area contributed by atoms with Gasteiger partial charge in [-0.3, -0.25) is 0 Å². The van der Waals surface area contributed by atoms with E-state index in [2.05, 4.69) is 0 Å². The van der Waals surface area contributed by atoms with E-state index in [4.69, 9.17) is 17.3 Å². The van der Waals surface area contributed by atoms with E-state index >= 15 is 0 Å². The Balaban J connectivity index is 3.42. The fraction of sp³-hybridized carbons (Fsp3) is 0.333. The molecule has 0 bridgehead atoms. The van der Waals surface area contributed by atoms with Crippen LogP contribution in [-0.4, -0.2) is 5.11 Å². The maximum absolute atomic E-state index is 9.49. The van der Waals surface area contributed by atoms with Crippen LogP contribution in [0.15, 0.2) is 6.07 Å². The molecule has 2 nitrogen and oxygen atoms in total. The Morgan fingerprint density at radius 3 is 2.58 bits per heavy atom. The SMILES string of the molecule is Cc1cc(Cl)c(O)c(CN)c1C. The lowest BCUT2D eigenvalue weighted by Gasteiger charge is -2.10. The fourth-order valence-electron chi connectivity index (χ4n) is 1.18. The highest BCUT2D eigenvalue weighted by Gasteiger charge is 2.09. The van der Waals surface area contributed by atoms with Crippen LogP contribution in [0.4, 0.5) is 0 Å². The highest BCUT2D eigenvalue weighted by Crippen LogP contribution is 2.31. The van der Waals surface area contributed by atoms with E-state index in [0.29, 0.717) is 11.6 Å². The van der Waals surface area contributed by atoms with Gasteiger partial charge in [-0.05, 0) is 31.0 Å². The summed E-state index contributed by atoms with van der Waals surface area (Å²) in [6, 6.07) is 1.74. The first-order chi connectivity index (χ1) is 5.57. The Bertz CT molecular complexity index is 284. The number of hydrogen-bond acceptors (Lipinski definition) is 2. The fourth-order valence-corrected chi connectivity index (χ4v) is 1.45. The van der Waals surface area contributed by atoms with E-state index < -0.39 is 0 Å². The van der Waals surface area contributed by atoms with Crippen LogP contribution in [0.25, 0.3) is 0 Å². The molecular formula is C9H12ClNO. The molecule has 0 amide bonds. The lowest BCUT2D eigenvalue weighted by Crippen LogP contribution is -2.01. The number of hydrogen-bond donors (Lipinski definition) is 2. The van der Waals surface area contributed by atoms with Gasteiger partial charge in [-0.15, -0.1) is 0 Å². The van der Waals surface area contributed by atoms with Gasteiger partial charge >= 0.3 is 0 Å². The molecule has 3 N–H and O–H groups in total. The molecule has 0 aliphatic carbocycles. The number of aromatic hydroxyl groups is 1. The molecule has 0 aromatic heterocycles. The summed E-state index contributed by atoms with van der Waals surface area (Å²) in [4.78, 5) is 0. The van der Waals surface area contributed by atoms with Crippen molar-refractivity contribution in [2.75, 3.05) is 0 Å². The number of nitrogens with two attached hydrogens (primary N) is 1. The second-order valence-electron chi connectivity index (χ2n) is 2.83. The van der Waals surface area contributed by atoms with Crippen LogP contribution in [-0.2, 0) is 6.54 Å². The van der Waals surface area contributed by atoms with Gasteiger partial charge in [0, 0.05) is 12.1 Å². The Kier molecular flexibility index (Phi) is 2.60. The Labute approximate surface area is 77.0 Å². The first-order valence-corrected chi connectivity index (χ1v) is 4.13. The topological polar surface area (TPSA) is 46.2 Å². The van der Waals surface area contributed by atoms with E-state index in [-0.39, 0.29) is 5.75 Å². The zero-order valence-corrected chi connectivity index (χ0v) is 7.94. The molecule has 1 aromatic rings. The first-order valence-electron chi connectivity index (χ1n) is 3.75. The van der Waals surface area contributed by atoms with Crippen molar-refractivity contribution in [1.82, 2.24) is 0 Å². The van der Waals surface area contributed by atoms with Crippen molar-refractivity contribution in [2.45, 2.75) is 20.4 Å². The maximum Gasteiger partial charge on any atom is 0.138 e. The summed E-state index contributed by atoms with van der Waals surface area (Å²) in [6.07, 6.45) is 0. The summed E-state index contributed by atoms with van der Waals surface area (Å²) in [6.45, 7) is 4.19. The van der Waals surface area contributed by atoms with E-state index in [1.165, 1.54) is 0 Å². The molecule has 0 heterocycles. The number of phenols is 1. The molecule has 12 heavy (non-hydrogen) atoms. The molecule has 66 valence electrons. The normalized spacial score (nSPS) is 10.3. The lowest BCUT2D eigenvalue weighted by atomic mass is 10.0. The largest absolute Gasteiger partial charge is 0.506 e. The van der Waals surface area contributed by atoms with Crippen LogP contribution >= 0.6 is 11.6 Å². The third kappa shape index (κ3) is 1.40. The van der Waals surface area contributed by atoms with Crippen LogP contribution in [0, 0.1) is 13.8 Å². The highest BCUT2D eigenvalue weighted by molar-refractivity contribution is 6.32. The Morgan fingerprint density at radius 2 is 2.08 bits per heavy atom.